The summed E-state index contributed by atoms with van der Waals surface area (Å²) in [6, 6.07) is 0.730. The molecule has 1 aromatic rings. The van der Waals surface area contributed by atoms with Crippen LogP contribution < -0.4 is 0 Å². The molecule has 0 saturated carbocycles. The lowest BCUT2D eigenvalue weighted by Gasteiger charge is -2.37. The van der Waals surface area contributed by atoms with Crippen LogP contribution in [0.1, 0.15) is 26.3 Å². The van der Waals surface area contributed by atoms with Crippen LogP contribution in [-0.2, 0) is 11.3 Å². The van der Waals surface area contributed by atoms with Gasteiger partial charge in [0.25, 0.3) is 0 Å². The van der Waals surface area contributed by atoms with E-state index in [4.69, 9.17) is 0 Å². The van der Waals surface area contributed by atoms with E-state index in [2.05, 4.69) is 43.8 Å². The van der Waals surface area contributed by atoms with E-state index in [1.807, 2.05) is 0 Å². The van der Waals surface area contributed by atoms with Crippen molar-refractivity contribution in [3.8, 4) is 0 Å². The Balaban J connectivity index is 1.99. The monoisotopic (exact) mass is 334 g/mol. The molecule has 3 amide bonds. The predicted molar refractivity (Wildman–Crippen MR) is 91.6 cm³/mol. The number of rotatable bonds is 5. The molecule has 1 aliphatic heterocycles. The Hall–Kier alpha value is -1.76. The number of hydrogen-bond acceptors (Lipinski definition) is 4. The second-order valence-electron chi connectivity index (χ2n) is 7.81. The lowest BCUT2D eigenvalue weighted by atomic mass is 10.2. The lowest BCUT2D eigenvalue weighted by Crippen LogP contribution is -2.42. The van der Waals surface area contributed by atoms with Crippen molar-refractivity contribution in [1.29, 1.82) is 0 Å². The summed E-state index contributed by atoms with van der Waals surface area (Å²) >= 11 is 0. The first-order chi connectivity index (χ1) is 10.6. The van der Waals surface area contributed by atoms with Crippen molar-refractivity contribution in [3.05, 3.63) is 24.3 Å². The SMILES string of the molecule is CC(C)(C)[Si](C)(C)CCN1C(=O)CN(Cc2cncnc2)C1=O. The van der Waals surface area contributed by atoms with E-state index in [9.17, 15) is 9.59 Å². The van der Waals surface area contributed by atoms with Crippen LogP contribution in [0.2, 0.25) is 24.2 Å². The Morgan fingerprint density at radius 1 is 1.17 bits per heavy atom. The number of hydrogen-bond donors (Lipinski definition) is 0. The van der Waals surface area contributed by atoms with E-state index in [1.54, 1.807) is 17.3 Å². The van der Waals surface area contributed by atoms with Crippen molar-refractivity contribution in [2.75, 3.05) is 13.1 Å². The fourth-order valence-corrected chi connectivity index (χ4v) is 3.87. The Labute approximate surface area is 138 Å². The summed E-state index contributed by atoms with van der Waals surface area (Å²) in [5.74, 6) is -0.106. The van der Waals surface area contributed by atoms with Crippen LogP contribution in [0, 0.1) is 0 Å². The molecule has 0 aromatic carbocycles. The smallest absolute Gasteiger partial charge is 0.311 e. The van der Waals surface area contributed by atoms with Gasteiger partial charge in [0.05, 0.1) is 14.6 Å². The van der Waals surface area contributed by atoms with Gasteiger partial charge < -0.3 is 4.90 Å². The summed E-state index contributed by atoms with van der Waals surface area (Å²) in [5.41, 5.74) is 0.833. The molecule has 1 aliphatic rings. The van der Waals surface area contributed by atoms with Gasteiger partial charge in [0.2, 0.25) is 5.91 Å². The lowest BCUT2D eigenvalue weighted by molar-refractivity contribution is -0.125. The molecular formula is C16H26N4O2Si. The summed E-state index contributed by atoms with van der Waals surface area (Å²) in [7, 11) is -1.51. The van der Waals surface area contributed by atoms with Gasteiger partial charge in [-0.3, -0.25) is 9.69 Å². The zero-order valence-corrected chi connectivity index (χ0v) is 15.7. The van der Waals surface area contributed by atoms with Gasteiger partial charge in [0, 0.05) is 24.5 Å². The molecule has 0 spiro atoms. The van der Waals surface area contributed by atoms with Crippen molar-refractivity contribution in [2.24, 2.45) is 0 Å². The van der Waals surface area contributed by atoms with Crippen molar-refractivity contribution in [3.63, 3.8) is 0 Å². The van der Waals surface area contributed by atoms with Crippen LogP contribution in [0.15, 0.2) is 18.7 Å². The molecular weight excluding hydrogens is 308 g/mol. The van der Waals surface area contributed by atoms with Crippen LogP contribution in [0.25, 0.3) is 0 Å². The maximum atomic E-state index is 12.5. The molecule has 0 bridgehead atoms. The number of amides is 3. The quantitative estimate of drug-likeness (QED) is 0.613. The Morgan fingerprint density at radius 2 is 1.78 bits per heavy atom. The van der Waals surface area contributed by atoms with Crippen molar-refractivity contribution in [1.82, 2.24) is 19.8 Å². The van der Waals surface area contributed by atoms with E-state index in [-0.39, 0.29) is 23.5 Å². The molecule has 1 aromatic heterocycles. The first-order valence-electron chi connectivity index (χ1n) is 7.95. The zero-order valence-electron chi connectivity index (χ0n) is 14.7. The molecule has 0 aliphatic carbocycles. The van der Waals surface area contributed by atoms with Crippen molar-refractivity contribution >= 4 is 20.0 Å². The third kappa shape index (κ3) is 3.96. The number of nitrogens with zero attached hydrogens (tertiary/aromatic N) is 4. The van der Waals surface area contributed by atoms with Gasteiger partial charge in [-0.25, -0.2) is 14.8 Å². The number of carbonyl (C=O) groups is 2. The summed E-state index contributed by atoms with van der Waals surface area (Å²) in [6.07, 6.45) is 4.79. The zero-order chi connectivity index (χ0) is 17.3. The molecule has 0 N–H and O–H groups in total. The third-order valence-corrected chi connectivity index (χ3v) is 10.6. The van der Waals surface area contributed by atoms with Crippen LogP contribution >= 0.6 is 0 Å². The van der Waals surface area contributed by atoms with Gasteiger partial charge in [-0.05, 0) is 11.1 Å². The van der Waals surface area contributed by atoms with Crippen LogP contribution in [0.3, 0.4) is 0 Å². The molecule has 1 saturated heterocycles. The molecule has 2 rings (SSSR count). The van der Waals surface area contributed by atoms with Crippen molar-refractivity contribution < 1.29 is 9.59 Å². The minimum atomic E-state index is -1.51. The highest BCUT2D eigenvalue weighted by atomic mass is 28.3. The fourth-order valence-electron chi connectivity index (χ4n) is 2.34. The maximum absolute atomic E-state index is 12.5. The predicted octanol–water partition coefficient (Wildman–Crippen LogP) is 2.75. The standard InChI is InChI=1S/C16H26N4O2Si/c1-16(2,3)23(4,5)7-6-20-14(21)11-19(15(20)22)10-13-8-17-12-18-9-13/h8-9,12H,6-7,10-11H2,1-5H3. The van der Waals surface area contributed by atoms with E-state index in [0.29, 0.717) is 13.1 Å². The van der Waals surface area contributed by atoms with Gasteiger partial charge >= 0.3 is 6.03 Å². The topological polar surface area (TPSA) is 66.4 Å². The maximum Gasteiger partial charge on any atom is 0.327 e. The molecule has 126 valence electrons. The Bertz CT molecular complexity index is 583. The van der Waals surface area contributed by atoms with E-state index >= 15 is 0 Å². The minimum Gasteiger partial charge on any atom is -0.311 e. The highest BCUT2D eigenvalue weighted by Crippen LogP contribution is 2.38. The Kier molecular flexibility index (Phi) is 4.89. The third-order valence-electron chi connectivity index (χ3n) is 5.11. The average Bonchev–Trinajstić information content (AvgIpc) is 2.71. The largest absolute Gasteiger partial charge is 0.327 e. The Morgan fingerprint density at radius 3 is 2.35 bits per heavy atom. The fraction of sp³-hybridized carbons (Fsp3) is 0.625. The summed E-state index contributed by atoms with van der Waals surface area (Å²) in [4.78, 5) is 35.5. The van der Waals surface area contributed by atoms with E-state index in [0.717, 1.165) is 11.6 Å². The first kappa shape index (κ1) is 17.6. The minimum absolute atomic E-state index is 0.106. The van der Waals surface area contributed by atoms with Crippen molar-refractivity contribution in [2.45, 2.75) is 51.5 Å². The molecule has 6 nitrogen and oxygen atoms in total. The van der Waals surface area contributed by atoms with E-state index < -0.39 is 8.07 Å². The number of aromatic nitrogens is 2. The molecule has 23 heavy (non-hydrogen) atoms. The van der Waals surface area contributed by atoms with Crippen LogP contribution in [0.4, 0.5) is 4.79 Å². The second kappa shape index (κ2) is 6.39. The van der Waals surface area contributed by atoms with E-state index in [1.165, 1.54) is 11.2 Å². The summed E-state index contributed by atoms with van der Waals surface area (Å²) in [6.45, 7) is 12.4. The number of carbonyl (C=O) groups excluding carboxylic acids is 2. The van der Waals surface area contributed by atoms with Crippen LogP contribution in [-0.4, -0.2) is 52.9 Å². The molecule has 0 unspecified atom stereocenters. The van der Waals surface area contributed by atoms with Gasteiger partial charge in [-0.15, -0.1) is 0 Å². The number of imide groups is 1. The van der Waals surface area contributed by atoms with Gasteiger partial charge in [-0.2, -0.15) is 0 Å². The van der Waals surface area contributed by atoms with Gasteiger partial charge in [-0.1, -0.05) is 33.9 Å². The molecule has 1 fully saturated rings. The number of urea groups is 1. The molecule has 7 heteroatoms. The average molecular weight is 334 g/mol. The highest BCUT2D eigenvalue weighted by molar-refractivity contribution is 6.80. The van der Waals surface area contributed by atoms with Crippen LogP contribution in [0.5, 0.6) is 0 Å². The second-order valence-corrected chi connectivity index (χ2v) is 13.6. The molecule has 0 radical (unpaired) electrons. The summed E-state index contributed by atoms with van der Waals surface area (Å²) in [5, 5.41) is 0.250. The molecule has 2 heterocycles. The van der Waals surface area contributed by atoms with Gasteiger partial charge in [0.1, 0.15) is 12.9 Å². The highest BCUT2D eigenvalue weighted by Gasteiger charge is 2.39. The van der Waals surface area contributed by atoms with Gasteiger partial charge in [0.15, 0.2) is 0 Å². The first-order valence-corrected chi connectivity index (χ1v) is 11.2. The molecule has 0 atom stereocenters. The normalized spacial score (nSPS) is 16.4. The summed E-state index contributed by atoms with van der Waals surface area (Å²) < 4.78 is 0.